The van der Waals surface area contributed by atoms with Crippen LogP contribution in [0.5, 0.6) is 5.75 Å². The maximum atomic E-state index is 12.9. The number of benzene rings is 1. The summed E-state index contributed by atoms with van der Waals surface area (Å²) in [4.78, 5) is 14.9. The number of thioether (sulfide) groups is 1. The lowest BCUT2D eigenvalue weighted by Crippen LogP contribution is -2.41. The van der Waals surface area contributed by atoms with Gasteiger partial charge in [0.1, 0.15) is 12.4 Å². The predicted molar refractivity (Wildman–Crippen MR) is 121 cm³/mol. The lowest BCUT2D eigenvalue weighted by Gasteiger charge is -2.32. The molecule has 1 amide bonds. The fourth-order valence-electron chi connectivity index (χ4n) is 3.48. The van der Waals surface area contributed by atoms with Crippen molar-refractivity contribution in [3.63, 3.8) is 0 Å². The number of aromatic nitrogens is 3. The molecule has 164 valence electrons. The first-order valence-corrected chi connectivity index (χ1v) is 11.9. The van der Waals surface area contributed by atoms with E-state index in [0.717, 1.165) is 55.6 Å². The lowest BCUT2D eigenvalue weighted by molar-refractivity contribution is -0.131. The highest BCUT2D eigenvalue weighted by Gasteiger charge is 2.27. The third-order valence-corrected chi connectivity index (χ3v) is 6.63. The molecule has 0 radical (unpaired) electrons. The van der Waals surface area contributed by atoms with E-state index in [1.807, 2.05) is 42.2 Å². The molecule has 1 aromatic carbocycles. The van der Waals surface area contributed by atoms with Crippen molar-refractivity contribution in [2.75, 3.05) is 13.1 Å². The van der Waals surface area contributed by atoms with Crippen LogP contribution in [0.25, 0.3) is 0 Å². The van der Waals surface area contributed by atoms with Crippen LogP contribution in [-0.4, -0.2) is 43.9 Å². The Hall–Kier alpha value is -2.02. The number of likely N-dealkylation sites (tertiary alicyclic amines) is 1. The van der Waals surface area contributed by atoms with Crippen molar-refractivity contribution >= 4 is 17.7 Å². The van der Waals surface area contributed by atoms with Crippen LogP contribution in [0.3, 0.4) is 0 Å². The highest BCUT2D eigenvalue weighted by Crippen LogP contribution is 2.27. The molecule has 1 aliphatic heterocycles. The molecule has 6 nitrogen and oxygen atoms in total. The first kappa shape index (κ1) is 22.7. The Morgan fingerprint density at radius 1 is 1.17 bits per heavy atom. The van der Waals surface area contributed by atoms with Crippen molar-refractivity contribution in [3.05, 3.63) is 36.2 Å². The molecule has 1 unspecified atom stereocenters. The zero-order chi connectivity index (χ0) is 21.5. The number of para-hydroxylation sites is 1. The van der Waals surface area contributed by atoms with Gasteiger partial charge >= 0.3 is 0 Å². The van der Waals surface area contributed by atoms with Gasteiger partial charge in [0.25, 0.3) is 0 Å². The Kier molecular flexibility index (Phi) is 8.19. The molecule has 0 spiro atoms. The highest BCUT2D eigenvalue weighted by atomic mass is 32.2. The fourth-order valence-corrected chi connectivity index (χ4v) is 4.46. The Balaban J connectivity index is 1.67. The zero-order valence-electron chi connectivity index (χ0n) is 18.6. The van der Waals surface area contributed by atoms with Crippen LogP contribution in [-0.2, 0) is 17.9 Å². The van der Waals surface area contributed by atoms with E-state index in [9.17, 15) is 4.79 Å². The van der Waals surface area contributed by atoms with Crippen molar-refractivity contribution in [2.24, 2.45) is 11.8 Å². The molecular weight excluding hydrogens is 396 g/mol. The third kappa shape index (κ3) is 6.24. The second-order valence-electron chi connectivity index (χ2n) is 8.60. The van der Waals surface area contributed by atoms with Crippen LogP contribution in [0, 0.1) is 11.8 Å². The summed E-state index contributed by atoms with van der Waals surface area (Å²) in [5, 5.41) is 9.42. The van der Waals surface area contributed by atoms with Gasteiger partial charge in [0, 0.05) is 19.6 Å². The Morgan fingerprint density at radius 2 is 1.87 bits per heavy atom. The van der Waals surface area contributed by atoms with E-state index in [0.29, 0.717) is 18.4 Å². The second kappa shape index (κ2) is 10.8. The van der Waals surface area contributed by atoms with Crippen molar-refractivity contribution in [3.8, 4) is 5.75 Å². The smallest absolute Gasteiger partial charge is 0.235 e. The molecule has 2 heterocycles. The molecular formula is C23H34N4O2S. The maximum Gasteiger partial charge on any atom is 0.235 e. The van der Waals surface area contributed by atoms with E-state index in [4.69, 9.17) is 4.74 Å². The number of ether oxygens (including phenoxy) is 1. The Bertz CT molecular complexity index is 801. The number of rotatable bonds is 9. The summed E-state index contributed by atoms with van der Waals surface area (Å²) >= 11 is 1.51. The van der Waals surface area contributed by atoms with Gasteiger partial charge in [-0.3, -0.25) is 4.79 Å². The molecule has 1 fully saturated rings. The van der Waals surface area contributed by atoms with Gasteiger partial charge in [0.2, 0.25) is 5.91 Å². The van der Waals surface area contributed by atoms with Crippen molar-refractivity contribution in [2.45, 2.75) is 70.5 Å². The van der Waals surface area contributed by atoms with Gasteiger partial charge in [-0.1, -0.05) is 50.7 Å². The topological polar surface area (TPSA) is 60.2 Å². The summed E-state index contributed by atoms with van der Waals surface area (Å²) in [6.07, 6.45) is 3.21. The van der Waals surface area contributed by atoms with Crippen LogP contribution in [0.4, 0.5) is 0 Å². The van der Waals surface area contributed by atoms with Gasteiger partial charge in [0.05, 0.1) is 5.25 Å². The molecule has 0 N–H and O–H groups in total. The van der Waals surface area contributed by atoms with E-state index >= 15 is 0 Å². The van der Waals surface area contributed by atoms with Crippen molar-refractivity contribution in [1.82, 2.24) is 19.7 Å². The first-order valence-electron chi connectivity index (χ1n) is 11.0. The Labute approximate surface area is 184 Å². The van der Waals surface area contributed by atoms with Gasteiger partial charge in [-0.05, 0) is 50.2 Å². The number of carbonyl (C=O) groups is 1. The van der Waals surface area contributed by atoms with Gasteiger partial charge in [-0.25, -0.2) is 0 Å². The van der Waals surface area contributed by atoms with Gasteiger partial charge in [0.15, 0.2) is 11.0 Å². The SMILES string of the molecule is CC(C)CCn1c(COc2ccccc2)nnc1SC(C)C(=O)N1CCC(C)CC1. The third-order valence-electron chi connectivity index (χ3n) is 5.56. The van der Waals surface area contributed by atoms with E-state index in [1.54, 1.807) is 0 Å². The number of piperidine rings is 1. The molecule has 3 rings (SSSR count). The van der Waals surface area contributed by atoms with Crippen LogP contribution >= 0.6 is 11.8 Å². The van der Waals surface area contributed by atoms with E-state index < -0.39 is 0 Å². The molecule has 0 aliphatic carbocycles. The second-order valence-corrected chi connectivity index (χ2v) is 9.91. The number of hydrogen-bond donors (Lipinski definition) is 0. The number of amides is 1. The summed E-state index contributed by atoms with van der Waals surface area (Å²) in [5.74, 6) is 3.10. The quantitative estimate of drug-likeness (QED) is 0.542. The molecule has 1 aliphatic rings. The highest BCUT2D eigenvalue weighted by molar-refractivity contribution is 8.00. The fraction of sp³-hybridized carbons (Fsp3) is 0.609. The van der Waals surface area contributed by atoms with Crippen molar-refractivity contribution in [1.29, 1.82) is 0 Å². The minimum absolute atomic E-state index is 0.178. The standard InChI is InChI=1S/C23H34N4O2S/c1-17(2)10-15-27-21(16-29-20-8-6-5-7-9-20)24-25-23(27)30-19(4)22(28)26-13-11-18(3)12-14-26/h5-9,17-19H,10-16H2,1-4H3. The van der Waals surface area contributed by atoms with Gasteiger partial charge in [-0.2, -0.15) is 0 Å². The summed E-state index contributed by atoms with van der Waals surface area (Å²) in [5.41, 5.74) is 0. The minimum Gasteiger partial charge on any atom is -0.486 e. The molecule has 30 heavy (non-hydrogen) atoms. The molecule has 0 bridgehead atoms. The summed E-state index contributed by atoms with van der Waals surface area (Å²) in [6, 6.07) is 9.74. The van der Waals surface area contributed by atoms with Crippen LogP contribution < -0.4 is 4.74 Å². The average Bonchev–Trinajstić information content (AvgIpc) is 3.12. The number of nitrogens with zero attached hydrogens (tertiary/aromatic N) is 4. The maximum absolute atomic E-state index is 12.9. The van der Waals surface area contributed by atoms with Crippen LogP contribution in [0.2, 0.25) is 0 Å². The summed E-state index contributed by atoms with van der Waals surface area (Å²) in [6.45, 7) is 11.6. The molecule has 1 aromatic heterocycles. The minimum atomic E-state index is -0.178. The largest absolute Gasteiger partial charge is 0.486 e. The average molecular weight is 431 g/mol. The molecule has 1 atom stereocenters. The molecule has 0 saturated carbocycles. The Morgan fingerprint density at radius 3 is 2.53 bits per heavy atom. The van der Waals surface area contributed by atoms with Gasteiger partial charge < -0.3 is 14.2 Å². The van der Waals surface area contributed by atoms with E-state index in [-0.39, 0.29) is 11.2 Å². The van der Waals surface area contributed by atoms with Crippen LogP contribution in [0.15, 0.2) is 35.5 Å². The van der Waals surface area contributed by atoms with Gasteiger partial charge in [-0.15, -0.1) is 10.2 Å². The summed E-state index contributed by atoms with van der Waals surface area (Å²) in [7, 11) is 0. The first-order chi connectivity index (χ1) is 14.4. The number of hydrogen-bond acceptors (Lipinski definition) is 5. The predicted octanol–water partition coefficient (Wildman–Crippen LogP) is 4.64. The van der Waals surface area contributed by atoms with E-state index in [2.05, 4.69) is 35.5 Å². The molecule has 7 heteroatoms. The monoisotopic (exact) mass is 430 g/mol. The molecule has 1 saturated heterocycles. The van der Waals surface area contributed by atoms with Crippen LogP contribution in [0.1, 0.15) is 52.8 Å². The number of carbonyl (C=O) groups excluding carboxylic acids is 1. The van der Waals surface area contributed by atoms with Crippen molar-refractivity contribution < 1.29 is 9.53 Å². The zero-order valence-corrected chi connectivity index (χ0v) is 19.4. The lowest BCUT2D eigenvalue weighted by atomic mass is 9.99. The molecule has 2 aromatic rings. The van der Waals surface area contributed by atoms with E-state index in [1.165, 1.54) is 11.8 Å². The summed E-state index contributed by atoms with van der Waals surface area (Å²) < 4.78 is 8.02. The normalized spacial score (nSPS) is 16.1.